The first-order chi connectivity index (χ1) is 30.5. The second-order valence-corrected chi connectivity index (χ2v) is 16.6. The summed E-state index contributed by atoms with van der Waals surface area (Å²) in [4.78, 5) is 20.6. The lowest BCUT2D eigenvalue weighted by Gasteiger charge is -2.22. The van der Waals surface area contributed by atoms with Crippen molar-refractivity contribution in [2.75, 3.05) is 0 Å². The molecule has 0 spiro atoms. The highest BCUT2D eigenvalue weighted by molar-refractivity contribution is 6.10. The van der Waals surface area contributed by atoms with Crippen molar-refractivity contribution in [2.24, 2.45) is 0 Å². The molecule has 0 bridgehead atoms. The molecule has 0 amide bonds. The van der Waals surface area contributed by atoms with Crippen LogP contribution in [0.4, 0.5) is 13.2 Å². The molecule has 63 heavy (non-hydrogen) atoms. The quantitative estimate of drug-likeness (QED) is 0.161. The molecule has 0 unspecified atom stereocenters. The van der Waals surface area contributed by atoms with Gasteiger partial charge in [0, 0.05) is 44.2 Å². The minimum atomic E-state index is -4.76. The van der Waals surface area contributed by atoms with Gasteiger partial charge in [0.1, 0.15) is 0 Å². The summed E-state index contributed by atoms with van der Waals surface area (Å²) < 4.78 is 49.0. The second kappa shape index (κ2) is 15.6. The van der Waals surface area contributed by atoms with Gasteiger partial charge in [-0.05, 0) is 47.4 Å². The number of fused-ring (bicyclic) bond motifs is 3. The molecule has 10 aromatic rings. The summed E-state index contributed by atoms with van der Waals surface area (Å²) in [6, 6.07) is 59.0. The van der Waals surface area contributed by atoms with E-state index in [1.54, 1.807) is 0 Å². The van der Waals surface area contributed by atoms with Crippen molar-refractivity contribution in [3.63, 3.8) is 0 Å². The third kappa shape index (κ3) is 7.54. The van der Waals surface area contributed by atoms with E-state index in [0.29, 0.717) is 28.5 Å². The first-order valence-corrected chi connectivity index (χ1v) is 20.8. The van der Waals surface area contributed by atoms with Crippen molar-refractivity contribution in [1.82, 2.24) is 24.5 Å². The topological polar surface area (TPSA) is 56.5 Å². The van der Waals surface area contributed by atoms with Crippen molar-refractivity contribution >= 4 is 21.8 Å². The van der Waals surface area contributed by atoms with E-state index in [0.717, 1.165) is 49.6 Å². The van der Waals surface area contributed by atoms with Crippen molar-refractivity contribution in [2.45, 2.75) is 32.4 Å². The molecule has 3 aromatic heterocycles. The van der Waals surface area contributed by atoms with Gasteiger partial charge in [0.15, 0.2) is 11.6 Å². The molecule has 5 nitrogen and oxygen atoms in total. The monoisotopic (exact) mass is 827 g/mol. The van der Waals surface area contributed by atoms with Crippen molar-refractivity contribution in [1.29, 1.82) is 0 Å². The molecule has 10 rings (SSSR count). The molecule has 0 aliphatic carbocycles. The van der Waals surface area contributed by atoms with Crippen LogP contribution in [-0.4, -0.2) is 24.5 Å². The Morgan fingerprint density at radius 3 is 1.16 bits per heavy atom. The smallest absolute Gasteiger partial charge is 0.308 e. The van der Waals surface area contributed by atoms with Crippen molar-refractivity contribution in [3.8, 4) is 73.5 Å². The van der Waals surface area contributed by atoms with E-state index in [2.05, 4.69) is 49.6 Å². The van der Waals surface area contributed by atoms with Crippen LogP contribution in [-0.2, 0) is 11.6 Å². The normalized spacial score (nSPS) is 12.0. The van der Waals surface area contributed by atoms with Gasteiger partial charge in [-0.15, -0.1) is 0 Å². The highest BCUT2D eigenvalue weighted by Crippen LogP contribution is 2.45. The molecule has 7 aromatic carbocycles. The fraction of sp³-hybridized carbons (Fsp3) is 0.0909. The lowest BCUT2D eigenvalue weighted by molar-refractivity contribution is -0.137. The summed E-state index contributed by atoms with van der Waals surface area (Å²) >= 11 is 0. The first-order valence-electron chi connectivity index (χ1n) is 20.8. The summed E-state index contributed by atoms with van der Waals surface area (Å²) in [6.45, 7) is 6.45. The van der Waals surface area contributed by atoms with Crippen molar-refractivity contribution < 1.29 is 13.2 Å². The standard InChI is InChI=1S/C55H40F3N5/c1-54(2,3)39-28-29-42-41-26-16-17-27-49(41)63(50(42)32-39)51-43(52-59-45(35-18-8-4-9-19-35)33-46(60-52)36-20-10-5-11-21-36)30-40(55(56,57)58)31-44(51)53-61-47(37-22-12-6-13-23-37)34-48(62-53)38-24-14-7-15-25-38/h4-34H,1-3H3. The van der Waals surface area contributed by atoms with E-state index in [1.807, 2.05) is 152 Å². The van der Waals surface area contributed by atoms with Gasteiger partial charge in [-0.25, -0.2) is 19.9 Å². The third-order valence-corrected chi connectivity index (χ3v) is 11.4. The fourth-order valence-corrected chi connectivity index (χ4v) is 8.22. The summed E-state index contributed by atoms with van der Waals surface area (Å²) in [5, 5.41) is 1.89. The number of aromatic nitrogens is 5. The minimum absolute atomic E-state index is 0.123. The highest BCUT2D eigenvalue weighted by atomic mass is 19.4. The Labute approximate surface area is 363 Å². The van der Waals surface area contributed by atoms with Crippen LogP contribution in [0.3, 0.4) is 0 Å². The Bertz CT molecular complexity index is 3020. The van der Waals surface area contributed by atoms with Gasteiger partial charge in [0.05, 0.1) is 45.1 Å². The molecule has 0 radical (unpaired) electrons. The van der Waals surface area contributed by atoms with Crippen LogP contribution >= 0.6 is 0 Å². The van der Waals surface area contributed by atoms with Crippen LogP contribution in [0.2, 0.25) is 0 Å². The van der Waals surface area contributed by atoms with Crippen LogP contribution in [0.5, 0.6) is 0 Å². The largest absolute Gasteiger partial charge is 0.416 e. The predicted molar refractivity (Wildman–Crippen MR) is 248 cm³/mol. The molecule has 0 atom stereocenters. The predicted octanol–water partition coefficient (Wildman–Crippen LogP) is 14.7. The number of alkyl halides is 3. The zero-order valence-electron chi connectivity index (χ0n) is 34.8. The van der Waals surface area contributed by atoms with E-state index in [1.165, 1.54) is 12.1 Å². The zero-order chi connectivity index (χ0) is 43.3. The van der Waals surface area contributed by atoms with Crippen molar-refractivity contribution in [3.05, 3.63) is 199 Å². The van der Waals surface area contributed by atoms with Crippen LogP contribution in [0, 0.1) is 0 Å². The Morgan fingerprint density at radius 2 is 0.762 bits per heavy atom. The lowest BCUT2D eigenvalue weighted by Crippen LogP contribution is -2.12. The summed E-state index contributed by atoms with van der Waals surface area (Å²) in [7, 11) is 0. The number of hydrogen-bond donors (Lipinski definition) is 0. The summed E-state index contributed by atoms with van der Waals surface area (Å²) in [5.74, 6) is 0.246. The second-order valence-electron chi connectivity index (χ2n) is 16.6. The molecular formula is C55H40F3N5. The first kappa shape index (κ1) is 39.4. The zero-order valence-corrected chi connectivity index (χ0v) is 34.8. The summed E-state index contributed by atoms with van der Waals surface area (Å²) in [5.41, 5.74) is 7.78. The van der Waals surface area contributed by atoms with Crippen LogP contribution in [0.25, 0.3) is 95.3 Å². The number of nitrogens with zero attached hydrogens (tertiary/aromatic N) is 5. The van der Waals surface area contributed by atoms with Gasteiger partial charge in [-0.2, -0.15) is 13.2 Å². The molecule has 0 fully saturated rings. The van der Waals surface area contributed by atoms with E-state index in [-0.39, 0.29) is 28.2 Å². The van der Waals surface area contributed by atoms with E-state index in [4.69, 9.17) is 19.9 Å². The molecule has 0 N–H and O–H groups in total. The van der Waals surface area contributed by atoms with Gasteiger partial charge in [-0.3, -0.25) is 0 Å². The molecule has 306 valence electrons. The van der Waals surface area contributed by atoms with Crippen LogP contribution in [0.15, 0.2) is 188 Å². The van der Waals surface area contributed by atoms with Crippen LogP contribution < -0.4 is 0 Å². The van der Waals surface area contributed by atoms with E-state index < -0.39 is 11.7 Å². The van der Waals surface area contributed by atoms with Crippen LogP contribution in [0.1, 0.15) is 31.9 Å². The Kier molecular flexibility index (Phi) is 9.79. The highest BCUT2D eigenvalue weighted by Gasteiger charge is 2.35. The van der Waals surface area contributed by atoms with Gasteiger partial charge in [-0.1, -0.05) is 172 Å². The number of halogens is 3. The maximum atomic E-state index is 15.6. The van der Waals surface area contributed by atoms with Gasteiger partial charge >= 0.3 is 6.18 Å². The third-order valence-electron chi connectivity index (χ3n) is 11.4. The summed E-state index contributed by atoms with van der Waals surface area (Å²) in [6.07, 6.45) is -4.76. The minimum Gasteiger partial charge on any atom is -0.308 e. The van der Waals surface area contributed by atoms with Gasteiger partial charge in [0.2, 0.25) is 0 Å². The number of hydrogen-bond acceptors (Lipinski definition) is 4. The Balaban J connectivity index is 1.40. The lowest BCUT2D eigenvalue weighted by atomic mass is 9.86. The molecule has 0 saturated carbocycles. The molecule has 3 heterocycles. The number of para-hydroxylation sites is 1. The van der Waals surface area contributed by atoms with Gasteiger partial charge in [0.25, 0.3) is 0 Å². The SMILES string of the molecule is CC(C)(C)c1ccc2c3ccccc3n(-c3c(-c4nc(-c5ccccc5)cc(-c5ccccc5)n4)cc(C(F)(F)F)cc3-c3nc(-c4ccccc4)cc(-c4ccccc4)n3)c2c1. The fourth-order valence-electron chi connectivity index (χ4n) is 8.22. The average Bonchev–Trinajstić information content (AvgIpc) is 3.65. The Hall–Kier alpha value is -7.71. The molecule has 0 aliphatic rings. The van der Waals surface area contributed by atoms with E-state index in [9.17, 15) is 0 Å². The average molecular weight is 828 g/mol. The maximum Gasteiger partial charge on any atom is 0.416 e. The van der Waals surface area contributed by atoms with E-state index >= 15 is 13.2 Å². The molecular weight excluding hydrogens is 788 g/mol. The molecule has 0 saturated heterocycles. The number of rotatable bonds is 7. The molecule has 0 aliphatic heterocycles. The maximum absolute atomic E-state index is 15.6. The Morgan fingerprint density at radius 1 is 0.381 bits per heavy atom. The molecule has 8 heteroatoms. The number of benzene rings is 7. The van der Waals surface area contributed by atoms with Gasteiger partial charge < -0.3 is 4.57 Å².